The first-order chi connectivity index (χ1) is 7.66. The van der Waals surface area contributed by atoms with Gasteiger partial charge in [-0.15, -0.1) is 0 Å². The van der Waals surface area contributed by atoms with E-state index in [4.69, 9.17) is 10.5 Å². The Bertz CT molecular complexity index is 511. The molecule has 0 bridgehead atoms. The Labute approximate surface area is 93.5 Å². The molecule has 0 saturated heterocycles. The molecule has 0 amide bonds. The summed E-state index contributed by atoms with van der Waals surface area (Å²) in [4.78, 5) is 0. The molecule has 2 aromatic rings. The summed E-state index contributed by atoms with van der Waals surface area (Å²) in [6.07, 6.45) is 0. The van der Waals surface area contributed by atoms with Crippen molar-refractivity contribution in [1.82, 2.24) is 0 Å². The number of anilines is 1. The monoisotopic (exact) mass is 217 g/mol. The minimum Gasteiger partial charge on any atom is -0.454 e. The predicted octanol–water partition coefficient (Wildman–Crippen LogP) is 3.51. The quantitative estimate of drug-likeness (QED) is 0.781. The van der Waals surface area contributed by atoms with Gasteiger partial charge < -0.3 is 10.5 Å². The highest BCUT2D eigenvalue weighted by Gasteiger charge is 2.04. The minimum atomic E-state index is -0.378. The maximum Gasteiger partial charge on any atom is 0.165 e. The van der Waals surface area contributed by atoms with Crippen molar-refractivity contribution < 1.29 is 9.13 Å². The normalized spacial score (nSPS) is 10.1. The number of ether oxygens (including phenoxy) is 1. The highest BCUT2D eigenvalue weighted by Crippen LogP contribution is 2.26. The van der Waals surface area contributed by atoms with Crippen molar-refractivity contribution in [3.63, 3.8) is 0 Å². The zero-order valence-corrected chi connectivity index (χ0v) is 8.91. The molecule has 0 radical (unpaired) electrons. The molecule has 2 rings (SSSR count). The summed E-state index contributed by atoms with van der Waals surface area (Å²) >= 11 is 0. The molecule has 2 N–H and O–H groups in total. The minimum absolute atomic E-state index is 0.215. The van der Waals surface area contributed by atoms with Crippen LogP contribution in [-0.4, -0.2) is 0 Å². The smallest absolute Gasteiger partial charge is 0.165 e. The van der Waals surface area contributed by atoms with Gasteiger partial charge in [0.05, 0.1) is 0 Å². The second-order valence-corrected chi connectivity index (χ2v) is 3.55. The highest BCUT2D eigenvalue weighted by atomic mass is 19.1. The van der Waals surface area contributed by atoms with Crippen molar-refractivity contribution in [3.05, 3.63) is 53.8 Å². The van der Waals surface area contributed by atoms with Gasteiger partial charge in [0, 0.05) is 5.69 Å². The van der Waals surface area contributed by atoms with Crippen LogP contribution in [0.5, 0.6) is 11.5 Å². The number of para-hydroxylation sites is 1. The van der Waals surface area contributed by atoms with E-state index in [0.29, 0.717) is 11.4 Å². The van der Waals surface area contributed by atoms with Crippen LogP contribution in [0, 0.1) is 12.7 Å². The van der Waals surface area contributed by atoms with Crippen LogP contribution in [0.1, 0.15) is 5.56 Å². The van der Waals surface area contributed by atoms with Gasteiger partial charge in [-0.25, -0.2) is 4.39 Å². The molecule has 2 nitrogen and oxygen atoms in total. The molecule has 0 fully saturated rings. The van der Waals surface area contributed by atoms with Crippen molar-refractivity contribution in [2.75, 3.05) is 5.73 Å². The van der Waals surface area contributed by atoms with Gasteiger partial charge >= 0.3 is 0 Å². The first-order valence-electron chi connectivity index (χ1n) is 4.95. The molecule has 0 aromatic heterocycles. The number of nitrogen functional groups attached to an aromatic ring is 1. The van der Waals surface area contributed by atoms with E-state index in [2.05, 4.69) is 0 Å². The van der Waals surface area contributed by atoms with Crippen LogP contribution in [0.25, 0.3) is 0 Å². The molecule has 0 spiro atoms. The summed E-state index contributed by atoms with van der Waals surface area (Å²) in [5.41, 5.74) is 7.29. The van der Waals surface area contributed by atoms with Crippen LogP contribution in [-0.2, 0) is 0 Å². The average molecular weight is 217 g/mol. The molecule has 3 heteroatoms. The van der Waals surface area contributed by atoms with Gasteiger partial charge in [0.15, 0.2) is 11.6 Å². The average Bonchev–Trinajstić information content (AvgIpc) is 2.27. The Balaban J connectivity index is 2.28. The zero-order valence-electron chi connectivity index (χ0n) is 8.91. The van der Waals surface area contributed by atoms with Crippen molar-refractivity contribution >= 4 is 5.69 Å². The lowest BCUT2D eigenvalue weighted by molar-refractivity contribution is 0.442. The lowest BCUT2D eigenvalue weighted by Gasteiger charge is -2.08. The molecule has 0 saturated carbocycles. The van der Waals surface area contributed by atoms with E-state index in [9.17, 15) is 4.39 Å². The maximum atomic E-state index is 13.3. The van der Waals surface area contributed by atoms with E-state index >= 15 is 0 Å². The van der Waals surface area contributed by atoms with Gasteiger partial charge in [-0.1, -0.05) is 12.1 Å². The Morgan fingerprint density at radius 3 is 2.56 bits per heavy atom. The fraction of sp³-hybridized carbons (Fsp3) is 0.0769. The van der Waals surface area contributed by atoms with Crippen LogP contribution in [0.2, 0.25) is 0 Å². The molecule has 0 aliphatic rings. The number of aryl methyl sites for hydroxylation is 1. The molecule has 0 unspecified atom stereocenters. The number of hydrogen-bond acceptors (Lipinski definition) is 2. The Morgan fingerprint density at radius 1 is 1.12 bits per heavy atom. The summed E-state index contributed by atoms with van der Waals surface area (Å²) < 4.78 is 18.7. The van der Waals surface area contributed by atoms with Crippen molar-refractivity contribution in [1.29, 1.82) is 0 Å². The van der Waals surface area contributed by atoms with E-state index in [1.54, 1.807) is 36.4 Å². The van der Waals surface area contributed by atoms with Crippen molar-refractivity contribution in [2.45, 2.75) is 6.92 Å². The zero-order chi connectivity index (χ0) is 11.5. The van der Waals surface area contributed by atoms with E-state index in [0.717, 1.165) is 5.56 Å². The van der Waals surface area contributed by atoms with Crippen LogP contribution in [0.15, 0.2) is 42.5 Å². The van der Waals surface area contributed by atoms with Crippen molar-refractivity contribution in [3.8, 4) is 11.5 Å². The van der Waals surface area contributed by atoms with E-state index in [1.165, 1.54) is 6.07 Å². The third-order valence-electron chi connectivity index (χ3n) is 2.31. The van der Waals surface area contributed by atoms with Gasteiger partial charge in [-0.2, -0.15) is 0 Å². The molecule has 0 heterocycles. The van der Waals surface area contributed by atoms with Gasteiger partial charge in [0.25, 0.3) is 0 Å². The molecule has 16 heavy (non-hydrogen) atoms. The topological polar surface area (TPSA) is 35.2 Å². The van der Waals surface area contributed by atoms with Crippen LogP contribution >= 0.6 is 0 Å². The summed E-state index contributed by atoms with van der Waals surface area (Å²) in [5.74, 6) is 0.417. The summed E-state index contributed by atoms with van der Waals surface area (Å²) in [7, 11) is 0. The van der Waals surface area contributed by atoms with Crippen LogP contribution in [0.3, 0.4) is 0 Å². The van der Waals surface area contributed by atoms with Gasteiger partial charge in [0.2, 0.25) is 0 Å². The number of halogens is 1. The van der Waals surface area contributed by atoms with Crippen LogP contribution in [0.4, 0.5) is 10.1 Å². The van der Waals surface area contributed by atoms with Gasteiger partial charge in [0.1, 0.15) is 5.75 Å². The van der Waals surface area contributed by atoms with Gasteiger partial charge in [-0.05, 0) is 42.8 Å². The standard InChI is InChI=1S/C13H12FNO/c1-9-8-10(6-7-12(9)15)16-13-5-3-2-4-11(13)14/h2-8H,15H2,1H3. The predicted molar refractivity (Wildman–Crippen MR) is 62.1 cm³/mol. The van der Waals surface area contributed by atoms with Crippen LogP contribution < -0.4 is 10.5 Å². The van der Waals surface area contributed by atoms with E-state index in [1.807, 2.05) is 6.92 Å². The lowest BCUT2D eigenvalue weighted by atomic mass is 10.2. The molecule has 2 aromatic carbocycles. The van der Waals surface area contributed by atoms with E-state index in [-0.39, 0.29) is 11.6 Å². The number of hydrogen-bond donors (Lipinski definition) is 1. The Morgan fingerprint density at radius 2 is 1.88 bits per heavy atom. The highest BCUT2D eigenvalue weighted by molar-refractivity contribution is 5.50. The Hall–Kier alpha value is -2.03. The fourth-order valence-corrected chi connectivity index (χ4v) is 1.37. The van der Waals surface area contributed by atoms with Crippen molar-refractivity contribution in [2.24, 2.45) is 0 Å². The molecular weight excluding hydrogens is 205 g/mol. The number of benzene rings is 2. The second-order valence-electron chi connectivity index (χ2n) is 3.55. The first-order valence-corrected chi connectivity index (χ1v) is 4.95. The number of nitrogens with two attached hydrogens (primary N) is 1. The summed E-state index contributed by atoms with van der Waals surface area (Å²) in [5, 5.41) is 0. The molecule has 0 aliphatic heterocycles. The molecule has 82 valence electrons. The molecular formula is C13H12FNO. The third-order valence-corrected chi connectivity index (χ3v) is 2.31. The largest absolute Gasteiger partial charge is 0.454 e. The van der Waals surface area contributed by atoms with E-state index < -0.39 is 0 Å². The summed E-state index contributed by atoms with van der Waals surface area (Å²) in [6, 6.07) is 11.5. The summed E-state index contributed by atoms with van der Waals surface area (Å²) in [6.45, 7) is 1.88. The first kappa shape index (κ1) is 10.5. The second kappa shape index (κ2) is 4.23. The Kier molecular flexibility index (Phi) is 2.77. The molecule has 0 aliphatic carbocycles. The SMILES string of the molecule is Cc1cc(Oc2ccccc2F)ccc1N. The third kappa shape index (κ3) is 2.14. The number of rotatable bonds is 2. The van der Waals surface area contributed by atoms with Gasteiger partial charge in [-0.3, -0.25) is 0 Å². The maximum absolute atomic E-state index is 13.3. The molecule has 0 atom stereocenters. The fourth-order valence-electron chi connectivity index (χ4n) is 1.37. The lowest BCUT2D eigenvalue weighted by Crippen LogP contribution is -1.92.